The highest BCUT2D eigenvalue weighted by Gasteiger charge is 2.29. The van der Waals surface area contributed by atoms with Gasteiger partial charge in [0.2, 0.25) is 0 Å². The Morgan fingerprint density at radius 3 is 2.04 bits per heavy atom. The lowest BCUT2D eigenvalue weighted by Gasteiger charge is -2.25. The molecule has 5 nitrogen and oxygen atoms in total. The van der Waals surface area contributed by atoms with Crippen LogP contribution >= 0.6 is 11.6 Å². The molecule has 2 rings (SSSR count). The third-order valence-corrected chi connectivity index (χ3v) is 4.53. The maximum Gasteiger partial charge on any atom is 0.263 e. The quantitative estimate of drug-likeness (QED) is 0.468. The van der Waals surface area contributed by atoms with Crippen LogP contribution in [0.15, 0.2) is 48.5 Å². The molecule has 0 radical (unpaired) electrons. The van der Waals surface area contributed by atoms with Crippen LogP contribution in [0.1, 0.15) is 42.6 Å². The minimum atomic E-state index is -1.01. The summed E-state index contributed by atoms with van der Waals surface area (Å²) in [4.78, 5) is 24.9. The van der Waals surface area contributed by atoms with Gasteiger partial charge in [-0.25, -0.2) is 0 Å². The van der Waals surface area contributed by atoms with E-state index in [0.717, 1.165) is 19.4 Å². The minimum absolute atomic E-state index is 0.0956. The Hall–Kier alpha value is -2.37. The third kappa shape index (κ3) is 6.36. The molecule has 28 heavy (non-hydrogen) atoms. The van der Waals surface area contributed by atoms with E-state index in [1.54, 1.807) is 62.4 Å². The smallest absolute Gasteiger partial charge is 0.263 e. The van der Waals surface area contributed by atoms with Crippen molar-refractivity contribution in [2.24, 2.45) is 0 Å². The molecular formula is C22H27ClN2O3. The Morgan fingerprint density at radius 2 is 1.46 bits per heavy atom. The van der Waals surface area contributed by atoms with Gasteiger partial charge < -0.3 is 15.4 Å². The molecule has 0 fully saturated rings. The molecule has 2 N–H and O–H groups in total. The molecule has 0 aromatic heterocycles. The lowest BCUT2D eigenvalue weighted by atomic mass is 10.0. The maximum absolute atomic E-state index is 12.5. The van der Waals surface area contributed by atoms with Crippen molar-refractivity contribution in [2.75, 3.05) is 20.1 Å². The summed E-state index contributed by atoms with van der Waals surface area (Å²) in [6.45, 7) is 4.99. The molecular weight excluding hydrogens is 376 g/mol. The first-order chi connectivity index (χ1) is 13.3. The number of carbonyl (C=O) groups is 2. The van der Waals surface area contributed by atoms with Gasteiger partial charge in [0.15, 0.2) is 11.4 Å². The van der Waals surface area contributed by atoms with Gasteiger partial charge >= 0.3 is 0 Å². The lowest BCUT2D eigenvalue weighted by molar-refractivity contribution is -0.134. The first kappa shape index (κ1) is 21.9. The zero-order chi connectivity index (χ0) is 20.6. The molecule has 0 unspecified atom stereocenters. The van der Waals surface area contributed by atoms with Gasteiger partial charge in [-0.15, -0.1) is 0 Å². The molecule has 0 bridgehead atoms. The van der Waals surface area contributed by atoms with E-state index >= 15 is 0 Å². The number of carbonyl (C=O) groups excluding carboxylic acids is 2. The van der Waals surface area contributed by atoms with Crippen LogP contribution in [0.25, 0.3) is 0 Å². The SMILES string of the molecule is CNCCCCNC(=O)C(C)(C)Oc1ccc(C(=O)c2ccc(Cl)cc2)cc1. The number of nitrogens with one attached hydrogen (secondary N) is 2. The molecule has 0 saturated heterocycles. The summed E-state index contributed by atoms with van der Waals surface area (Å²) < 4.78 is 5.84. The summed E-state index contributed by atoms with van der Waals surface area (Å²) in [5, 5.41) is 6.56. The summed E-state index contributed by atoms with van der Waals surface area (Å²) >= 11 is 5.86. The van der Waals surface area contributed by atoms with Gasteiger partial charge in [-0.1, -0.05) is 11.6 Å². The summed E-state index contributed by atoms with van der Waals surface area (Å²) in [5.74, 6) is 0.267. The summed E-state index contributed by atoms with van der Waals surface area (Å²) in [7, 11) is 1.91. The van der Waals surface area contributed by atoms with Gasteiger partial charge in [0.05, 0.1) is 0 Å². The van der Waals surface area contributed by atoms with Crippen LogP contribution in [0.5, 0.6) is 5.75 Å². The average Bonchev–Trinajstić information content (AvgIpc) is 2.68. The van der Waals surface area contributed by atoms with Gasteiger partial charge in [-0.2, -0.15) is 0 Å². The molecule has 2 aromatic carbocycles. The second-order valence-electron chi connectivity index (χ2n) is 7.04. The van der Waals surface area contributed by atoms with Crippen molar-refractivity contribution in [3.05, 3.63) is 64.7 Å². The van der Waals surface area contributed by atoms with Gasteiger partial charge in [0, 0.05) is 22.7 Å². The summed E-state index contributed by atoms with van der Waals surface area (Å²) in [5.41, 5.74) is 0.0996. The first-order valence-corrected chi connectivity index (χ1v) is 9.73. The normalized spacial score (nSPS) is 11.1. The van der Waals surface area contributed by atoms with Crippen LogP contribution in [0.3, 0.4) is 0 Å². The molecule has 0 aliphatic heterocycles. The maximum atomic E-state index is 12.5. The topological polar surface area (TPSA) is 67.4 Å². The molecule has 0 aliphatic rings. The van der Waals surface area contributed by atoms with Gasteiger partial charge in [0.1, 0.15) is 5.75 Å². The van der Waals surface area contributed by atoms with E-state index in [1.807, 2.05) is 7.05 Å². The number of rotatable bonds is 10. The van der Waals surface area contributed by atoms with Crippen molar-refractivity contribution in [2.45, 2.75) is 32.3 Å². The zero-order valence-corrected chi connectivity index (χ0v) is 17.3. The van der Waals surface area contributed by atoms with Crippen LogP contribution in [0, 0.1) is 0 Å². The number of hydrogen-bond acceptors (Lipinski definition) is 4. The Labute approximate surface area is 171 Å². The highest BCUT2D eigenvalue weighted by molar-refractivity contribution is 6.30. The number of ketones is 1. The van der Waals surface area contributed by atoms with E-state index in [2.05, 4.69) is 10.6 Å². The second kappa shape index (κ2) is 10.2. The Morgan fingerprint density at radius 1 is 0.929 bits per heavy atom. The van der Waals surface area contributed by atoms with Gasteiger partial charge in [0.25, 0.3) is 5.91 Å². The van der Waals surface area contributed by atoms with Crippen molar-refractivity contribution >= 4 is 23.3 Å². The molecule has 1 amide bonds. The standard InChI is InChI=1S/C22H27ClN2O3/c1-22(2,21(27)25-15-5-4-14-24-3)28-19-12-8-17(9-13-19)20(26)16-6-10-18(23)11-7-16/h6-13,24H,4-5,14-15H2,1-3H3,(H,25,27). The second-order valence-corrected chi connectivity index (χ2v) is 7.48. The van der Waals surface area contributed by atoms with Crippen molar-refractivity contribution < 1.29 is 14.3 Å². The number of benzene rings is 2. The zero-order valence-electron chi connectivity index (χ0n) is 16.5. The van der Waals surface area contributed by atoms with E-state index in [1.165, 1.54) is 0 Å². The number of ether oxygens (including phenoxy) is 1. The van der Waals surface area contributed by atoms with Crippen LogP contribution in [-0.2, 0) is 4.79 Å². The predicted molar refractivity (Wildman–Crippen MR) is 112 cm³/mol. The van der Waals surface area contributed by atoms with Crippen molar-refractivity contribution in [3.63, 3.8) is 0 Å². The molecule has 0 saturated carbocycles. The van der Waals surface area contributed by atoms with Crippen molar-refractivity contribution in [1.82, 2.24) is 10.6 Å². The molecule has 2 aromatic rings. The van der Waals surface area contributed by atoms with Crippen molar-refractivity contribution in [3.8, 4) is 5.75 Å². The summed E-state index contributed by atoms with van der Waals surface area (Å²) in [6.07, 6.45) is 1.91. The number of halogens is 1. The highest BCUT2D eigenvalue weighted by Crippen LogP contribution is 2.21. The molecule has 0 atom stereocenters. The molecule has 150 valence electrons. The number of unbranched alkanes of at least 4 members (excludes halogenated alkanes) is 1. The van der Waals surface area contributed by atoms with Crippen LogP contribution in [-0.4, -0.2) is 37.4 Å². The monoisotopic (exact) mass is 402 g/mol. The molecule has 6 heteroatoms. The third-order valence-electron chi connectivity index (χ3n) is 4.28. The minimum Gasteiger partial charge on any atom is -0.478 e. The Bertz CT molecular complexity index is 786. The lowest BCUT2D eigenvalue weighted by Crippen LogP contribution is -2.46. The van der Waals surface area contributed by atoms with Gasteiger partial charge in [-0.3, -0.25) is 9.59 Å². The van der Waals surface area contributed by atoms with Crippen molar-refractivity contribution in [1.29, 1.82) is 0 Å². The highest BCUT2D eigenvalue weighted by atomic mass is 35.5. The average molecular weight is 403 g/mol. The summed E-state index contributed by atoms with van der Waals surface area (Å²) in [6, 6.07) is 13.5. The molecule has 0 heterocycles. The first-order valence-electron chi connectivity index (χ1n) is 9.36. The fourth-order valence-corrected chi connectivity index (χ4v) is 2.75. The number of hydrogen-bond donors (Lipinski definition) is 2. The van der Waals surface area contributed by atoms with Crippen LogP contribution in [0.4, 0.5) is 0 Å². The van der Waals surface area contributed by atoms with E-state index in [0.29, 0.717) is 28.4 Å². The van der Waals surface area contributed by atoms with E-state index in [9.17, 15) is 9.59 Å². The van der Waals surface area contributed by atoms with E-state index < -0.39 is 5.60 Å². The van der Waals surface area contributed by atoms with Gasteiger partial charge in [-0.05, 0) is 88.8 Å². The fourth-order valence-electron chi connectivity index (χ4n) is 2.62. The Balaban J connectivity index is 1.94. The van der Waals surface area contributed by atoms with Crippen LogP contribution in [0.2, 0.25) is 5.02 Å². The van der Waals surface area contributed by atoms with E-state index in [-0.39, 0.29) is 11.7 Å². The van der Waals surface area contributed by atoms with E-state index in [4.69, 9.17) is 16.3 Å². The Kier molecular flexibility index (Phi) is 8.03. The predicted octanol–water partition coefficient (Wildman–Crippen LogP) is 3.84. The fraction of sp³-hybridized carbons (Fsp3) is 0.364. The van der Waals surface area contributed by atoms with Crippen LogP contribution < -0.4 is 15.4 Å². The molecule has 0 aliphatic carbocycles. The number of amides is 1. The molecule has 0 spiro atoms. The largest absolute Gasteiger partial charge is 0.478 e.